The summed E-state index contributed by atoms with van der Waals surface area (Å²) in [6.07, 6.45) is 2.36. The molecule has 2 heterocycles. The standard InChI is InChI=1S/C22H27N3O3S/c1-22(2,3)16-12-15(27-4)7-8-18(16)28-13-20(26)23-10-9-17-21(25-14-24-17)19-6-5-11-29-19/h5-8,11-12,14H,9-10,13H2,1-4H3,(H,23,26)(H,24,25). The maximum absolute atomic E-state index is 12.3. The Bertz CT molecular complexity index is 943. The summed E-state index contributed by atoms with van der Waals surface area (Å²) in [4.78, 5) is 20.9. The number of carbonyl (C=O) groups is 1. The molecule has 154 valence electrons. The molecular weight excluding hydrogens is 386 g/mol. The van der Waals surface area contributed by atoms with Gasteiger partial charge in [-0.15, -0.1) is 11.3 Å². The van der Waals surface area contributed by atoms with Gasteiger partial charge in [-0.1, -0.05) is 26.8 Å². The van der Waals surface area contributed by atoms with Crippen molar-refractivity contribution in [2.45, 2.75) is 32.6 Å². The maximum Gasteiger partial charge on any atom is 0.257 e. The van der Waals surface area contributed by atoms with Crippen molar-refractivity contribution in [2.75, 3.05) is 20.3 Å². The molecule has 1 aromatic carbocycles. The molecule has 0 spiro atoms. The number of H-pyrrole nitrogens is 1. The normalized spacial score (nSPS) is 11.3. The van der Waals surface area contributed by atoms with Gasteiger partial charge >= 0.3 is 0 Å². The predicted molar refractivity (Wildman–Crippen MR) is 116 cm³/mol. The second-order valence-electron chi connectivity index (χ2n) is 7.71. The van der Waals surface area contributed by atoms with Crippen LogP contribution in [0.3, 0.4) is 0 Å². The van der Waals surface area contributed by atoms with E-state index in [1.807, 2.05) is 35.7 Å². The van der Waals surface area contributed by atoms with E-state index in [-0.39, 0.29) is 17.9 Å². The second-order valence-corrected chi connectivity index (χ2v) is 8.66. The molecule has 0 unspecified atom stereocenters. The molecule has 0 saturated carbocycles. The van der Waals surface area contributed by atoms with Crippen LogP contribution in [0.2, 0.25) is 0 Å². The van der Waals surface area contributed by atoms with E-state index in [4.69, 9.17) is 9.47 Å². The molecule has 0 saturated heterocycles. The number of carbonyl (C=O) groups excluding carboxylic acids is 1. The predicted octanol–water partition coefficient (Wildman–Crippen LogP) is 4.18. The fourth-order valence-electron chi connectivity index (χ4n) is 3.01. The molecular formula is C22H27N3O3S. The van der Waals surface area contributed by atoms with Gasteiger partial charge in [-0.05, 0) is 35.1 Å². The summed E-state index contributed by atoms with van der Waals surface area (Å²) >= 11 is 1.65. The molecule has 2 N–H and O–H groups in total. The summed E-state index contributed by atoms with van der Waals surface area (Å²) in [6, 6.07) is 9.69. The Morgan fingerprint density at radius 3 is 2.79 bits per heavy atom. The van der Waals surface area contributed by atoms with Gasteiger partial charge in [0, 0.05) is 24.2 Å². The lowest BCUT2D eigenvalue weighted by atomic mass is 9.86. The Kier molecular flexibility index (Phi) is 6.59. The molecule has 3 aromatic rings. The summed E-state index contributed by atoms with van der Waals surface area (Å²) in [5.74, 6) is 1.31. The third-order valence-corrected chi connectivity index (χ3v) is 5.40. The number of aromatic nitrogens is 2. The summed E-state index contributed by atoms with van der Waals surface area (Å²) in [6.45, 7) is 6.78. The van der Waals surface area contributed by atoms with E-state index < -0.39 is 0 Å². The van der Waals surface area contributed by atoms with Crippen molar-refractivity contribution in [1.82, 2.24) is 15.3 Å². The van der Waals surface area contributed by atoms with Crippen molar-refractivity contribution >= 4 is 17.2 Å². The highest BCUT2D eigenvalue weighted by atomic mass is 32.1. The van der Waals surface area contributed by atoms with Crippen molar-refractivity contribution in [3.05, 3.63) is 53.3 Å². The maximum atomic E-state index is 12.3. The minimum absolute atomic E-state index is 0.0316. The number of benzene rings is 1. The third-order valence-electron chi connectivity index (χ3n) is 4.52. The van der Waals surface area contributed by atoms with E-state index >= 15 is 0 Å². The van der Waals surface area contributed by atoms with Gasteiger partial charge in [-0.25, -0.2) is 4.98 Å². The first-order valence-electron chi connectivity index (χ1n) is 9.52. The van der Waals surface area contributed by atoms with Crippen LogP contribution in [-0.2, 0) is 16.6 Å². The Balaban J connectivity index is 1.53. The van der Waals surface area contributed by atoms with Crippen LogP contribution >= 0.6 is 11.3 Å². The van der Waals surface area contributed by atoms with Gasteiger partial charge in [0.15, 0.2) is 6.61 Å². The highest BCUT2D eigenvalue weighted by molar-refractivity contribution is 7.13. The van der Waals surface area contributed by atoms with Crippen molar-refractivity contribution in [1.29, 1.82) is 0 Å². The van der Waals surface area contributed by atoms with Gasteiger partial charge < -0.3 is 19.8 Å². The van der Waals surface area contributed by atoms with E-state index in [2.05, 4.69) is 36.1 Å². The number of methoxy groups -OCH3 is 1. The van der Waals surface area contributed by atoms with E-state index in [1.54, 1.807) is 24.8 Å². The number of imidazole rings is 1. The monoisotopic (exact) mass is 413 g/mol. The SMILES string of the molecule is COc1ccc(OCC(=O)NCCc2[nH]cnc2-c2cccs2)c(C(C)(C)C)c1. The summed E-state index contributed by atoms with van der Waals surface area (Å²) in [5, 5.41) is 4.94. The van der Waals surface area contributed by atoms with Crippen molar-refractivity contribution in [3.8, 4) is 22.1 Å². The van der Waals surface area contributed by atoms with Gasteiger partial charge in [-0.2, -0.15) is 0 Å². The molecule has 29 heavy (non-hydrogen) atoms. The Labute approximate surface area is 175 Å². The number of aromatic amines is 1. The van der Waals surface area contributed by atoms with Crippen LogP contribution in [0.4, 0.5) is 0 Å². The minimum Gasteiger partial charge on any atom is -0.497 e. The van der Waals surface area contributed by atoms with Crippen LogP contribution in [0.15, 0.2) is 42.0 Å². The van der Waals surface area contributed by atoms with Gasteiger partial charge in [-0.3, -0.25) is 4.79 Å². The lowest BCUT2D eigenvalue weighted by Gasteiger charge is -2.23. The van der Waals surface area contributed by atoms with E-state index in [1.165, 1.54) is 0 Å². The molecule has 1 amide bonds. The smallest absolute Gasteiger partial charge is 0.257 e. The highest BCUT2D eigenvalue weighted by Crippen LogP contribution is 2.34. The first kappa shape index (κ1) is 20.9. The number of nitrogens with one attached hydrogen (secondary N) is 2. The summed E-state index contributed by atoms with van der Waals surface area (Å²) in [7, 11) is 1.64. The van der Waals surface area contributed by atoms with Crippen molar-refractivity contribution < 1.29 is 14.3 Å². The van der Waals surface area contributed by atoms with Crippen LogP contribution in [0.5, 0.6) is 11.5 Å². The number of hydrogen-bond acceptors (Lipinski definition) is 5. The van der Waals surface area contributed by atoms with Crippen LogP contribution in [-0.4, -0.2) is 36.1 Å². The zero-order valence-corrected chi connectivity index (χ0v) is 18.1. The highest BCUT2D eigenvalue weighted by Gasteiger charge is 2.20. The van der Waals surface area contributed by atoms with Crippen LogP contribution < -0.4 is 14.8 Å². The van der Waals surface area contributed by atoms with Crippen LogP contribution in [0, 0.1) is 0 Å². The largest absolute Gasteiger partial charge is 0.497 e. The van der Waals surface area contributed by atoms with E-state index in [0.29, 0.717) is 18.7 Å². The molecule has 6 nitrogen and oxygen atoms in total. The zero-order chi connectivity index (χ0) is 20.9. The molecule has 0 aliphatic carbocycles. The number of thiophene rings is 1. The Morgan fingerprint density at radius 2 is 2.10 bits per heavy atom. The number of amides is 1. The topological polar surface area (TPSA) is 76.2 Å². The van der Waals surface area contributed by atoms with Crippen molar-refractivity contribution in [3.63, 3.8) is 0 Å². The summed E-state index contributed by atoms with van der Waals surface area (Å²) < 4.78 is 11.1. The average Bonchev–Trinajstić information content (AvgIpc) is 3.37. The minimum atomic E-state index is -0.155. The first-order chi connectivity index (χ1) is 13.9. The number of nitrogens with zero attached hydrogens (tertiary/aromatic N) is 1. The fraction of sp³-hybridized carbons (Fsp3) is 0.364. The molecule has 0 aliphatic heterocycles. The Morgan fingerprint density at radius 1 is 1.28 bits per heavy atom. The van der Waals surface area contributed by atoms with Crippen LogP contribution in [0.25, 0.3) is 10.6 Å². The number of rotatable bonds is 8. The number of ether oxygens (including phenoxy) is 2. The van der Waals surface area contributed by atoms with Gasteiger partial charge in [0.2, 0.25) is 0 Å². The molecule has 0 radical (unpaired) electrons. The zero-order valence-electron chi connectivity index (χ0n) is 17.2. The van der Waals surface area contributed by atoms with E-state index in [9.17, 15) is 4.79 Å². The quantitative estimate of drug-likeness (QED) is 0.581. The molecule has 7 heteroatoms. The lowest BCUT2D eigenvalue weighted by Crippen LogP contribution is -2.31. The molecule has 0 atom stereocenters. The first-order valence-corrected chi connectivity index (χ1v) is 10.4. The average molecular weight is 414 g/mol. The van der Waals surface area contributed by atoms with Crippen LogP contribution in [0.1, 0.15) is 32.0 Å². The molecule has 2 aromatic heterocycles. The molecule has 0 bridgehead atoms. The molecule has 3 rings (SSSR count). The number of hydrogen-bond donors (Lipinski definition) is 2. The molecule has 0 aliphatic rings. The van der Waals surface area contributed by atoms with Gasteiger partial charge in [0.1, 0.15) is 17.2 Å². The third kappa shape index (κ3) is 5.38. The lowest BCUT2D eigenvalue weighted by molar-refractivity contribution is -0.123. The van der Waals surface area contributed by atoms with Crippen molar-refractivity contribution in [2.24, 2.45) is 0 Å². The second kappa shape index (κ2) is 9.13. The van der Waals surface area contributed by atoms with Gasteiger partial charge in [0.25, 0.3) is 5.91 Å². The Hall–Kier alpha value is -2.80. The molecule has 0 fully saturated rings. The fourth-order valence-corrected chi connectivity index (χ4v) is 3.75. The van der Waals surface area contributed by atoms with Gasteiger partial charge in [0.05, 0.1) is 18.3 Å². The van der Waals surface area contributed by atoms with E-state index in [0.717, 1.165) is 27.6 Å². The summed E-state index contributed by atoms with van der Waals surface area (Å²) in [5.41, 5.74) is 2.83.